The minimum atomic E-state index is -0.286. The van der Waals surface area contributed by atoms with Crippen LogP contribution in [-0.2, 0) is 4.79 Å². The third kappa shape index (κ3) is 3.71. The normalized spacial score (nSPS) is 16.9. The van der Waals surface area contributed by atoms with Crippen LogP contribution in [0.4, 0.5) is 5.69 Å². The van der Waals surface area contributed by atoms with Crippen molar-refractivity contribution >= 4 is 34.8 Å². The Morgan fingerprint density at radius 1 is 1.29 bits per heavy atom. The van der Waals surface area contributed by atoms with Crippen LogP contribution in [0.3, 0.4) is 0 Å². The fourth-order valence-electron chi connectivity index (χ4n) is 3.18. The third-order valence-electron chi connectivity index (χ3n) is 4.01. The number of carbonyl (C=O) groups excluding carboxylic acids is 1. The first-order valence-electron chi connectivity index (χ1n) is 7.52. The van der Waals surface area contributed by atoms with Gasteiger partial charge in [-0.3, -0.25) is 15.0 Å². The molecule has 0 heterocycles. The van der Waals surface area contributed by atoms with E-state index in [-0.39, 0.29) is 11.6 Å². The van der Waals surface area contributed by atoms with Gasteiger partial charge in [0.1, 0.15) is 0 Å². The standard InChI is InChI=1S/C16H22Cl2N2O/c1-2-19-16(10-3-4-11-16)20(15(21)9-12-17)14-7-5-13(18)6-8-14/h5-8,19H,2-4,9-12H2,1H3. The Morgan fingerprint density at radius 3 is 2.43 bits per heavy atom. The molecule has 3 nitrogen and oxygen atoms in total. The van der Waals surface area contributed by atoms with Crippen LogP contribution in [0.25, 0.3) is 0 Å². The molecule has 0 spiro atoms. The summed E-state index contributed by atoms with van der Waals surface area (Å²) in [4.78, 5) is 14.6. The summed E-state index contributed by atoms with van der Waals surface area (Å²) in [5.74, 6) is 0.403. The van der Waals surface area contributed by atoms with Gasteiger partial charge >= 0.3 is 0 Å². The van der Waals surface area contributed by atoms with Gasteiger partial charge in [-0.25, -0.2) is 0 Å². The van der Waals surface area contributed by atoms with Crippen molar-refractivity contribution in [2.45, 2.75) is 44.7 Å². The Kier molecular flexibility index (Phi) is 5.91. The number of alkyl halides is 1. The summed E-state index contributed by atoms with van der Waals surface area (Å²) in [6.07, 6.45) is 4.54. The van der Waals surface area contributed by atoms with E-state index in [0.717, 1.165) is 37.9 Å². The molecule has 116 valence electrons. The first kappa shape index (κ1) is 16.6. The van der Waals surface area contributed by atoms with Gasteiger partial charge in [-0.1, -0.05) is 18.5 Å². The Hall–Kier alpha value is -0.770. The zero-order valence-corrected chi connectivity index (χ0v) is 13.9. The number of hydrogen-bond acceptors (Lipinski definition) is 2. The summed E-state index contributed by atoms with van der Waals surface area (Å²) in [6.45, 7) is 2.91. The summed E-state index contributed by atoms with van der Waals surface area (Å²) in [6, 6.07) is 7.47. The minimum Gasteiger partial charge on any atom is -0.295 e. The number of nitrogens with one attached hydrogen (secondary N) is 1. The highest BCUT2D eigenvalue weighted by Gasteiger charge is 2.42. The van der Waals surface area contributed by atoms with E-state index in [9.17, 15) is 4.79 Å². The van der Waals surface area contributed by atoms with E-state index < -0.39 is 0 Å². The van der Waals surface area contributed by atoms with Gasteiger partial charge < -0.3 is 0 Å². The van der Waals surface area contributed by atoms with Gasteiger partial charge in [0, 0.05) is 23.0 Å². The molecule has 2 rings (SSSR count). The van der Waals surface area contributed by atoms with E-state index in [2.05, 4.69) is 12.2 Å². The maximum Gasteiger partial charge on any atom is 0.229 e. The maximum atomic E-state index is 12.7. The van der Waals surface area contributed by atoms with Crippen molar-refractivity contribution in [3.63, 3.8) is 0 Å². The number of nitrogens with zero attached hydrogens (tertiary/aromatic N) is 1. The van der Waals surface area contributed by atoms with Crippen LogP contribution < -0.4 is 10.2 Å². The van der Waals surface area contributed by atoms with Crippen molar-refractivity contribution in [3.8, 4) is 0 Å². The highest BCUT2D eigenvalue weighted by atomic mass is 35.5. The molecule has 1 aromatic rings. The molecule has 0 radical (unpaired) electrons. The molecule has 5 heteroatoms. The van der Waals surface area contributed by atoms with E-state index in [1.165, 1.54) is 0 Å². The Morgan fingerprint density at radius 2 is 1.90 bits per heavy atom. The van der Waals surface area contributed by atoms with Crippen molar-refractivity contribution in [2.75, 3.05) is 17.3 Å². The Labute approximate surface area is 136 Å². The lowest BCUT2D eigenvalue weighted by Crippen LogP contribution is -2.60. The van der Waals surface area contributed by atoms with Crippen LogP contribution in [0.2, 0.25) is 5.02 Å². The van der Waals surface area contributed by atoms with Gasteiger partial charge in [-0.05, 0) is 56.5 Å². The van der Waals surface area contributed by atoms with Crippen molar-refractivity contribution in [3.05, 3.63) is 29.3 Å². The molecule has 0 aliphatic heterocycles. The number of benzene rings is 1. The molecule has 1 saturated carbocycles. The maximum absolute atomic E-state index is 12.7. The molecule has 21 heavy (non-hydrogen) atoms. The first-order valence-corrected chi connectivity index (χ1v) is 8.44. The van der Waals surface area contributed by atoms with Crippen molar-refractivity contribution in [1.82, 2.24) is 5.32 Å². The minimum absolute atomic E-state index is 0.0650. The quantitative estimate of drug-likeness (QED) is 0.627. The topological polar surface area (TPSA) is 32.3 Å². The Balaban J connectivity index is 2.39. The van der Waals surface area contributed by atoms with E-state index in [1.807, 2.05) is 29.2 Å². The van der Waals surface area contributed by atoms with Crippen LogP contribution in [0.5, 0.6) is 0 Å². The largest absolute Gasteiger partial charge is 0.295 e. The average molecular weight is 329 g/mol. The molecule has 1 fully saturated rings. The SMILES string of the molecule is CCNC1(N(C(=O)CCCl)c2ccc(Cl)cc2)CCCC1. The van der Waals surface area contributed by atoms with Gasteiger partial charge in [0.15, 0.2) is 0 Å². The number of rotatable bonds is 6. The van der Waals surface area contributed by atoms with Gasteiger partial charge in [0.05, 0.1) is 5.66 Å². The summed E-state index contributed by atoms with van der Waals surface area (Å²) in [5, 5.41) is 4.21. The summed E-state index contributed by atoms with van der Waals surface area (Å²) >= 11 is 11.8. The number of carbonyl (C=O) groups is 1. The van der Waals surface area contributed by atoms with Crippen LogP contribution in [0.1, 0.15) is 39.0 Å². The second-order valence-corrected chi connectivity index (χ2v) is 6.23. The predicted molar refractivity (Wildman–Crippen MR) is 89.2 cm³/mol. The molecule has 0 saturated heterocycles. The fourth-order valence-corrected chi connectivity index (χ4v) is 3.47. The molecule has 0 aromatic heterocycles. The molecule has 0 unspecified atom stereocenters. The predicted octanol–water partition coefficient (Wildman–Crippen LogP) is 4.18. The van der Waals surface area contributed by atoms with Gasteiger partial charge in [0.25, 0.3) is 0 Å². The number of amides is 1. The molecular weight excluding hydrogens is 307 g/mol. The lowest BCUT2D eigenvalue weighted by Gasteiger charge is -2.42. The summed E-state index contributed by atoms with van der Waals surface area (Å²) < 4.78 is 0. The van der Waals surface area contributed by atoms with Crippen molar-refractivity contribution < 1.29 is 4.79 Å². The van der Waals surface area contributed by atoms with Crippen LogP contribution in [0.15, 0.2) is 24.3 Å². The van der Waals surface area contributed by atoms with Crippen LogP contribution >= 0.6 is 23.2 Å². The van der Waals surface area contributed by atoms with Crippen molar-refractivity contribution in [2.24, 2.45) is 0 Å². The fraction of sp³-hybridized carbons (Fsp3) is 0.562. The highest BCUT2D eigenvalue weighted by molar-refractivity contribution is 6.30. The highest BCUT2D eigenvalue weighted by Crippen LogP contribution is 2.37. The van der Waals surface area contributed by atoms with E-state index in [1.54, 1.807) is 0 Å². The monoisotopic (exact) mass is 328 g/mol. The third-order valence-corrected chi connectivity index (χ3v) is 4.45. The second kappa shape index (κ2) is 7.48. The lowest BCUT2D eigenvalue weighted by atomic mass is 10.0. The van der Waals surface area contributed by atoms with E-state index in [4.69, 9.17) is 23.2 Å². The van der Waals surface area contributed by atoms with Crippen molar-refractivity contribution in [1.29, 1.82) is 0 Å². The molecular formula is C16H22Cl2N2O. The molecule has 1 N–H and O–H groups in total. The molecule has 1 aliphatic carbocycles. The van der Waals surface area contributed by atoms with Gasteiger partial charge in [-0.15, -0.1) is 11.6 Å². The summed E-state index contributed by atoms with van der Waals surface area (Å²) in [5.41, 5.74) is 0.600. The first-order chi connectivity index (χ1) is 10.1. The lowest BCUT2D eigenvalue weighted by molar-refractivity contribution is -0.119. The molecule has 0 bridgehead atoms. The zero-order chi connectivity index (χ0) is 15.3. The molecule has 1 aromatic carbocycles. The summed E-state index contributed by atoms with van der Waals surface area (Å²) in [7, 11) is 0. The number of hydrogen-bond donors (Lipinski definition) is 1. The van der Waals surface area contributed by atoms with E-state index in [0.29, 0.717) is 17.3 Å². The molecule has 0 atom stereocenters. The molecule has 1 amide bonds. The average Bonchev–Trinajstić information content (AvgIpc) is 2.91. The second-order valence-electron chi connectivity index (χ2n) is 5.41. The smallest absolute Gasteiger partial charge is 0.229 e. The van der Waals surface area contributed by atoms with E-state index >= 15 is 0 Å². The number of halogens is 2. The van der Waals surface area contributed by atoms with Gasteiger partial charge in [-0.2, -0.15) is 0 Å². The van der Waals surface area contributed by atoms with Crippen LogP contribution in [-0.4, -0.2) is 24.0 Å². The zero-order valence-electron chi connectivity index (χ0n) is 12.4. The number of anilines is 1. The molecule has 1 aliphatic rings. The Bertz CT molecular complexity index is 470. The van der Waals surface area contributed by atoms with Gasteiger partial charge in [0.2, 0.25) is 5.91 Å². The van der Waals surface area contributed by atoms with Crippen LogP contribution in [0, 0.1) is 0 Å².